The van der Waals surface area contributed by atoms with Crippen molar-refractivity contribution in [3.05, 3.63) is 16.4 Å². The van der Waals surface area contributed by atoms with E-state index >= 15 is 0 Å². The van der Waals surface area contributed by atoms with Crippen LogP contribution in [0.4, 0.5) is 11.5 Å². The average Bonchev–Trinajstić information content (AvgIpc) is 2.65. The van der Waals surface area contributed by atoms with E-state index in [2.05, 4.69) is 15.3 Å². The Hall–Kier alpha value is -2.78. The Balaban J connectivity index is 2.33. The van der Waals surface area contributed by atoms with Crippen LogP contribution in [-0.4, -0.2) is 51.8 Å². The minimum atomic E-state index is -0.884. The first-order chi connectivity index (χ1) is 9.45. The molecule has 1 saturated heterocycles. The molecule has 1 aliphatic heterocycles. The van der Waals surface area contributed by atoms with Crippen LogP contribution < -0.4 is 10.1 Å². The number of likely N-dealkylation sites (tertiary alicyclic amines) is 1. The second-order valence-corrected chi connectivity index (χ2v) is 4.03. The van der Waals surface area contributed by atoms with Gasteiger partial charge in [0.05, 0.1) is 18.5 Å². The monoisotopic (exact) mass is 281 g/mol. The molecule has 1 aromatic rings. The highest BCUT2D eigenvalue weighted by molar-refractivity contribution is 6.06. The Labute approximate surface area is 112 Å². The van der Waals surface area contributed by atoms with Gasteiger partial charge in [-0.15, -0.1) is 0 Å². The standard InChI is InChI=1S/C10H11N5O5/c1-14-6(16)3-5(10(14)17)13-8-7(15(18)19)9(20-2)12-4-11-8/h4-5H,3H2,1-2H3,(H,11,12,13). The fourth-order valence-corrected chi connectivity index (χ4v) is 1.82. The van der Waals surface area contributed by atoms with Gasteiger partial charge in [0.1, 0.15) is 12.4 Å². The molecule has 0 bridgehead atoms. The molecule has 0 saturated carbocycles. The second kappa shape index (κ2) is 5.07. The number of hydrogen-bond acceptors (Lipinski definition) is 8. The number of carbonyl (C=O) groups is 2. The molecular weight excluding hydrogens is 270 g/mol. The van der Waals surface area contributed by atoms with Gasteiger partial charge in [0.15, 0.2) is 0 Å². The molecule has 1 unspecified atom stereocenters. The summed E-state index contributed by atoms with van der Waals surface area (Å²) in [6.45, 7) is 0. The van der Waals surface area contributed by atoms with Gasteiger partial charge in [-0.1, -0.05) is 0 Å². The van der Waals surface area contributed by atoms with Gasteiger partial charge in [0, 0.05) is 7.05 Å². The fourth-order valence-electron chi connectivity index (χ4n) is 1.82. The van der Waals surface area contributed by atoms with Crippen LogP contribution in [0.1, 0.15) is 6.42 Å². The predicted octanol–water partition coefficient (Wildman–Crippen LogP) is -0.437. The predicted molar refractivity (Wildman–Crippen MR) is 65.0 cm³/mol. The van der Waals surface area contributed by atoms with Gasteiger partial charge in [-0.2, -0.15) is 4.98 Å². The largest absolute Gasteiger partial charge is 0.476 e. The Morgan fingerprint density at radius 2 is 2.20 bits per heavy atom. The lowest BCUT2D eigenvalue weighted by Crippen LogP contribution is -2.32. The zero-order valence-electron chi connectivity index (χ0n) is 10.7. The molecule has 10 nitrogen and oxygen atoms in total. The number of aromatic nitrogens is 2. The van der Waals surface area contributed by atoms with Crippen LogP contribution in [0.25, 0.3) is 0 Å². The van der Waals surface area contributed by atoms with E-state index in [1.807, 2.05) is 0 Å². The van der Waals surface area contributed by atoms with Crippen molar-refractivity contribution in [2.75, 3.05) is 19.5 Å². The zero-order chi connectivity index (χ0) is 14.9. The molecule has 1 fully saturated rings. The highest BCUT2D eigenvalue weighted by Crippen LogP contribution is 2.31. The van der Waals surface area contributed by atoms with E-state index in [1.54, 1.807) is 0 Å². The molecule has 0 radical (unpaired) electrons. The number of imide groups is 1. The van der Waals surface area contributed by atoms with E-state index < -0.39 is 22.6 Å². The summed E-state index contributed by atoms with van der Waals surface area (Å²) in [6, 6.07) is -0.884. The first-order valence-corrected chi connectivity index (χ1v) is 5.56. The Morgan fingerprint density at radius 3 is 2.70 bits per heavy atom. The molecule has 0 aromatic carbocycles. The number of amides is 2. The summed E-state index contributed by atoms with van der Waals surface area (Å²) in [7, 11) is 2.58. The first kappa shape index (κ1) is 13.6. The van der Waals surface area contributed by atoms with Gasteiger partial charge in [-0.3, -0.25) is 24.6 Å². The Morgan fingerprint density at radius 1 is 1.50 bits per heavy atom. The molecular formula is C10H11N5O5. The van der Waals surface area contributed by atoms with Crippen LogP contribution >= 0.6 is 0 Å². The molecule has 2 rings (SSSR count). The number of nitrogens with zero attached hydrogens (tertiary/aromatic N) is 4. The minimum absolute atomic E-state index is 0.0845. The molecule has 1 atom stereocenters. The van der Waals surface area contributed by atoms with E-state index in [4.69, 9.17) is 4.74 Å². The molecule has 0 aliphatic carbocycles. The normalized spacial score (nSPS) is 18.3. The van der Waals surface area contributed by atoms with Crippen molar-refractivity contribution >= 4 is 23.3 Å². The average molecular weight is 281 g/mol. The number of likely N-dealkylation sites (N-methyl/N-ethyl adjacent to an activating group) is 1. The Kier molecular flexibility index (Phi) is 3.46. The van der Waals surface area contributed by atoms with Gasteiger partial charge >= 0.3 is 5.69 Å². The number of carbonyl (C=O) groups excluding carboxylic acids is 2. The molecule has 106 valence electrons. The highest BCUT2D eigenvalue weighted by Gasteiger charge is 2.38. The van der Waals surface area contributed by atoms with Crippen molar-refractivity contribution in [1.82, 2.24) is 14.9 Å². The lowest BCUT2D eigenvalue weighted by molar-refractivity contribution is -0.385. The van der Waals surface area contributed by atoms with Gasteiger partial charge < -0.3 is 10.1 Å². The van der Waals surface area contributed by atoms with Crippen LogP contribution in [0.5, 0.6) is 5.88 Å². The summed E-state index contributed by atoms with van der Waals surface area (Å²) in [5, 5.41) is 13.6. The maximum Gasteiger partial charge on any atom is 0.372 e. The van der Waals surface area contributed by atoms with E-state index in [1.165, 1.54) is 14.2 Å². The third-order valence-electron chi connectivity index (χ3n) is 2.86. The van der Waals surface area contributed by atoms with E-state index in [0.717, 1.165) is 11.2 Å². The number of hydrogen-bond donors (Lipinski definition) is 1. The molecule has 20 heavy (non-hydrogen) atoms. The number of ether oxygens (including phenoxy) is 1. The maximum absolute atomic E-state index is 11.8. The quantitative estimate of drug-likeness (QED) is 0.447. The smallest absolute Gasteiger partial charge is 0.372 e. The van der Waals surface area contributed by atoms with Crippen LogP contribution in [0, 0.1) is 10.1 Å². The topological polar surface area (TPSA) is 128 Å². The molecule has 1 aliphatic rings. The second-order valence-electron chi connectivity index (χ2n) is 4.03. The lowest BCUT2D eigenvalue weighted by Gasteiger charge is -2.12. The van der Waals surface area contributed by atoms with Crippen molar-refractivity contribution in [2.24, 2.45) is 0 Å². The van der Waals surface area contributed by atoms with Gasteiger partial charge in [0.2, 0.25) is 11.7 Å². The van der Waals surface area contributed by atoms with Crippen LogP contribution in [0.3, 0.4) is 0 Å². The molecule has 2 heterocycles. The van der Waals surface area contributed by atoms with Crippen molar-refractivity contribution in [1.29, 1.82) is 0 Å². The summed E-state index contributed by atoms with van der Waals surface area (Å²) in [4.78, 5) is 41.8. The number of anilines is 1. The van der Waals surface area contributed by atoms with E-state index in [9.17, 15) is 19.7 Å². The molecule has 10 heteroatoms. The van der Waals surface area contributed by atoms with Crippen molar-refractivity contribution in [3.8, 4) is 5.88 Å². The number of nitrogens with one attached hydrogen (secondary N) is 1. The van der Waals surface area contributed by atoms with Gasteiger partial charge in [-0.25, -0.2) is 4.98 Å². The molecule has 1 aromatic heterocycles. The van der Waals surface area contributed by atoms with Crippen LogP contribution in [-0.2, 0) is 9.59 Å². The number of rotatable bonds is 4. The third-order valence-corrected chi connectivity index (χ3v) is 2.86. The molecule has 1 N–H and O–H groups in total. The SMILES string of the molecule is COc1ncnc(NC2CC(=O)N(C)C2=O)c1[N+](=O)[O-]. The van der Waals surface area contributed by atoms with Crippen LogP contribution in [0.2, 0.25) is 0 Å². The van der Waals surface area contributed by atoms with Gasteiger partial charge in [-0.05, 0) is 0 Å². The Bertz CT molecular complexity index is 589. The van der Waals surface area contributed by atoms with E-state index in [-0.39, 0.29) is 24.0 Å². The number of methoxy groups -OCH3 is 1. The summed E-state index contributed by atoms with van der Waals surface area (Å²) in [6.07, 6.45) is 0.984. The maximum atomic E-state index is 11.8. The first-order valence-electron chi connectivity index (χ1n) is 5.56. The highest BCUT2D eigenvalue weighted by atomic mass is 16.6. The lowest BCUT2D eigenvalue weighted by atomic mass is 10.2. The van der Waals surface area contributed by atoms with Gasteiger partial charge in [0.25, 0.3) is 11.8 Å². The molecule has 0 spiro atoms. The van der Waals surface area contributed by atoms with Crippen LogP contribution in [0.15, 0.2) is 6.33 Å². The third kappa shape index (κ3) is 2.22. The summed E-state index contributed by atoms with van der Waals surface area (Å²) in [5.74, 6) is -1.22. The zero-order valence-corrected chi connectivity index (χ0v) is 10.7. The molecule has 2 amide bonds. The fraction of sp³-hybridized carbons (Fsp3) is 0.400. The summed E-state index contributed by atoms with van der Waals surface area (Å²) < 4.78 is 4.79. The summed E-state index contributed by atoms with van der Waals surface area (Å²) >= 11 is 0. The van der Waals surface area contributed by atoms with Crippen molar-refractivity contribution in [3.63, 3.8) is 0 Å². The summed E-state index contributed by atoms with van der Waals surface area (Å²) in [5.41, 5.74) is -0.482. The van der Waals surface area contributed by atoms with Crippen molar-refractivity contribution < 1.29 is 19.2 Å². The van der Waals surface area contributed by atoms with E-state index in [0.29, 0.717) is 0 Å². The number of nitro groups is 1. The van der Waals surface area contributed by atoms with Crippen molar-refractivity contribution in [2.45, 2.75) is 12.5 Å². The minimum Gasteiger partial charge on any atom is -0.476 e.